The van der Waals surface area contributed by atoms with Gasteiger partial charge in [0.2, 0.25) is 11.6 Å². The third-order valence-corrected chi connectivity index (χ3v) is 4.58. The largest absolute Gasteiger partial charge is 0.355 e. The maximum Gasteiger partial charge on any atom is 0.355 e. The Kier molecular flexibility index (Phi) is 5.22. The van der Waals surface area contributed by atoms with Crippen molar-refractivity contribution in [3.8, 4) is 0 Å². The van der Waals surface area contributed by atoms with Gasteiger partial charge < -0.3 is 5.32 Å². The van der Waals surface area contributed by atoms with Gasteiger partial charge in [-0.3, -0.25) is 25.8 Å². The van der Waals surface area contributed by atoms with E-state index >= 15 is 0 Å². The fourth-order valence-electron chi connectivity index (χ4n) is 2.14. The SMILES string of the molecule is Cc1nc(Nc2ncnc(NNC(=O)c3ccccc3)c2[N+](=O)[O-])sc1C. The number of benzene rings is 1. The van der Waals surface area contributed by atoms with Gasteiger partial charge in [-0.2, -0.15) is 0 Å². The van der Waals surface area contributed by atoms with Gasteiger partial charge in [0, 0.05) is 10.4 Å². The van der Waals surface area contributed by atoms with Crippen molar-refractivity contribution >= 4 is 39.7 Å². The monoisotopic (exact) mass is 385 g/mol. The highest BCUT2D eigenvalue weighted by Gasteiger charge is 2.24. The summed E-state index contributed by atoms with van der Waals surface area (Å²) in [6, 6.07) is 8.43. The van der Waals surface area contributed by atoms with Gasteiger partial charge in [-0.05, 0) is 26.0 Å². The average Bonchev–Trinajstić information content (AvgIpc) is 2.97. The van der Waals surface area contributed by atoms with Crippen molar-refractivity contribution in [2.75, 3.05) is 10.7 Å². The number of thiazole rings is 1. The minimum absolute atomic E-state index is 0.0276. The van der Waals surface area contributed by atoms with E-state index in [1.54, 1.807) is 30.3 Å². The lowest BCUT2D eigenvalue weighted by atomic mass is 10.2. The molecule has 0 saturated heterocycles. The molecule has 0 aliphatic carbocycles. The number of aromatic nitrogens is 3. The van der Waals surface area contributed by atoms with E-state index in [1.807, 2.05) is 13.8 Å². The van der Waals surface area contributed by atoms with Crippen LogP contribution in [0.4, 0.5) is 22.5 Å². The molecule has 0 bridgehead atoms. The Labute approximate surface area is 157 Å². The zero-order valence-electron chi connectivity index (χ0n) is 14.4. The topological polar surface area (TPSA) is 135 Å². The summed E-state index contributed by atoms with van der Waals surface area (Å²) in [7, 11) is 0. The first-order valence-corrected chi connectivity index (χ1v) is 8.59. The lowest BCUT2D eigenvalue weighted by Crippen LogP contribution is -2.30. The summed E-state index contributed by atoms with van der Waals surface area (Å²) < 4.78 is 0. The lowest BCUT2D eigenvalue weighted by Gasteiger charge is -2.10. The van der Waals surface area contributed by atoms with E-state index in [2.05, 4.69) is 31.1 Å². The molecule has 0 fully saturated rings. The summed E-state index contributed by atoms with van der Waals surface area (Å²) in [6.45, 7) is 3.75. The zero-order valence-corrected chi connectivity index (χ0v) is 15.2. The fourth-order valence-corrected chi connectivity index (χ4v) is 2.95. The highest BCUT2D eigenvalue weighted by Crippen LogP contribution is 2.32. The zero-order chi connectivity index (χ0) is 19.4. The van der Waals surface area contributed by atoms with Gasteiger partial charge in [-0.25, -0.2) is 15.0 Å². The maximum absolute atomic E-state index is 12.1. The van der Waals surface area contributed by atoms with Crippen LogP contribution in [0.5, 0.6) is 0 Å². The van der Waals surface area contributed by atoms with Crippen LogP contribution in [0.15, 0.2) is 36.7 Å². The van der Waals surface area contributed by atoms with Gasteiger partial charge in [-0.1, -0.05) is 18.2 Å². The molecule has 10 nitrogen and oxygen atoms in total. The predicted molar refractivity (Wildman–Crippen MR) is 101 cm³/mol. The van der Waals surface area contributed by atoms with Crippen LogP contribution in [0.2, 0.25) is 0 Å². The molecule has 3 aromatic rings. The van der Waals surface area contributed by atoms with Crippen molar-refractivity contribution in [3.63, 3.8) is 0 Å². The molecule has 27 heavy (non-hydrogen) atoms. The van der Waals surface area contributed by atoms with Gasteiger partial charge in [0.15, 0.2) is 5.13 Å². The van der Waals surface area contributed by atoms with E-state index in [-0.39, 0.29) is 11.6 Å². The van der Waals surface area contributed by atoms with Gasteiger partial charge in [0.1, 0.15) is 6.33 Å². The average molecular weight is 385 g/mol. The molecule has 1 aromatic carbocycles. The third-order valence-electron chi connectivity index (χ3n) is 3.59. The fraction of sp³-hybridized carbons (Fsp3) is 0.125. The van der Waals surface area contributed by atoms with E-state index in [0.717, 1.165) is 16.9 Å². The molecule has 0 radical (unpaired) electrons. The normalized spacial score (nSPS) is 10.3. The number of nitro groups is 1. The van der Waals surface area contributed by atoms with Crippen molar-refractivity contribution in [1.29, 1.82) is 0 Å². The summed E-state index contributed by atoms with van der Waals surface area (Å²) in [5.74, 6) is -0.629. The molecule has 0 unspecified atom stereocenters. The number of amides is 1. The molecule has 11 heteroatoms. The predicted octanol–water partition coefficient (Wildman–Crippen LogP) is 2.96. The van der Waals surface area contributed by atoms with Crippen LogP contribution in [0.25, 0.3) is 0 Å². The molecule has 1 amide bonds. The second-order valence-electron chi connectivity index (χ2n) is 5.41. The quantitative estimate of drug-likeness (QED) is 0.435. The first-order valence-electron chi connectivity index (χ1n) is 7.77. The number of carbonyl (C=O) groups excluding carboxylic acids is 1. The van der Waals surface area contributed by atoms with Crippen LogP contribution in [-0.4, -0.2) is 25.8 Å². The first-order chi connectivity index (χ1) is 13.0. The molecule has 0 aliphatic rings. The van der Waals surface area contributed by atoms with E-state index in [9.17, 15) is 14.9 Å². The van der Waals surface area contributed by atoms with Crippen LogP contribution in [0.1, 0.15) is 20.9 Å². The Balaban J connectivity index is 1.83. The Morgan fingerprint density at radius 1 is 1.15 bits per heavy atom. The number of rotatable bonds is 6. The maximum atomic E-state index is 12.1. The number of hydrazine groups is 1. The summed E-state index contributed by atoms with van der Waals surface area (Å²) in [6.07, 6.45) is 1.15. The summed E-state index contributed by atoms with van der Waals surface area (Å²) >= 11 is 1.36. The molecule has 138 valence electrons. The van der Waals surface area contributed by atoms with Crippen molar-refractivity contribution in [2.24, 2.45) is 0 Å². The van der Waals surface area contributed by atoms with Crippen LogP contribution in [-0.2, 0) is 0 Å². The molecule has 3 N–H and O–H groups in total. The highest BCUT2D eigenvalue weighted by molar-refractivity contribution is 7.15. The number of nitrogens with zero attached hydrogens (tertiary/aromatic N) is 4. The molecule has 0 spiro atoms. The molecule has 2 aromatic heterocycles. The van der Waals surface area contributed by atoms with Crippen LogP contribution in [0.3, 0.4) is 0 Å². The van der Waals surface area contributed by atoms with Crippen molar-refractivity contribution < 1.29 is 9.72 Å². The van der Waals surface area contributed by atoms with Gasteiger partial charge in [-0.15, -0.1) is 11.3 Å². The van der Waals surface area contributed by atoms with Gasteiger partial charge >= 0.3 is 5.69 Å². The minimum atomic E-state index is -0.632. The summed E-state index contributed by atoms with van der Waals surface area (Å²) in [5, 5.41) is 14.9. The molecule has 0 atom stereocenters. The number of aryl methyl sites for hydroxylation is 2. The second-order valence-corrected chi connectivity index (χ2v) is 6.61. The Bertz CT molecular complexity index is 971. The van der Waals surface area contributed by atoms with E-state index in [1.165, 1.54) is 11.3 Å². The summed E-state index contributed by atoms with van der Waals surface area (Å²) in [4.78, 5) is 36.1. The Hall–Kier alpha value is -3.60. The highest BCUT2D eigenvalue weighted by atomic mass is 32.1. The molecular weight excluding hydrogens is 370 g/mol. The smallest absolute Gasteiger partial charge is 0.310 e. The summed E-state index contributed by atoms with van der Waals surface area (Å²) in [5.41, 5.74) is 5.69. The standard InChI is InChI=1S/C16H15N7O3S/c1-9-10(2)27-16(19-9)20-13-12(23(25)26)14(18-8-17-13)21-22-15(24)11-6-4-3-5-7-11/h3-8H,1-2H3,(H,22,24)(H2,17,18,19,20,21). The van der Waals surface area contributed by atoms with Crippen molar-refractivity contribution in [3.05, 3.63) is 62.9 Å². The van der Waals surface area contributed by atoms with Crippen molar-refractivity contribution in [2.45, 2.75) is 13.8 Å². The van der Waals surface area contributed by atoms with Crippen LogP contribution < -0.4 is 16.2 Å². The second kappa shape index (κ2) is 7.74. The molecule has 3 rings (SSSR count). The number of carbonyl (C=O) groups is 1. The lowest BCUT2D eigenvalue weighted by molar-refractivity contribution is -0.383. The van der Waals surface area contributed by atoms with E-state index < -0.39 is 16.5 Å². The number of hydrogen-bond donors (Lipinski definition) is 3. The van der Waals surface area contributed by atoms with Gasteiger partial charge in [0.25, 0.3) is 5.91 Å². The number of hydrogen-bond acceptors (Lipinski definition) is 9. The third kappa shape index (κ3) is 4.15. The first kappa shape index (κ1) is 18.2. The van der Waals surface area contributed by atoms with Gasteiger partial charge in [0.05, 0.1) is 10.6 Å². The van der Waals surface area contributed by atoms with Crippen molar-refractivity contribution in [1.82, 2.24) is 20.4 Å². The van der Waals surface area contributed by atoms with Crippen LogP contribution >= 0.6 is 11.3 Å². The minimum Gasteiger partial charge on any atom is -0.310 e. The molecule has 0 saturated carbocycles. The van der Waals surface area contributed by atoms with E-state index in [4.69, 9.17) is 0 Å². The van der Waals surface area contributed by atoms with E-state index in [0.29, 0.717) is 10.7 Å². The Morgan fingerprint density at radius 2 is 1.85 bits per heavy atom. The Morgan fingerprint density at radius 3 is 2.48 bits per heavy atom. The molecule has 0 aliphatic heterocycles. The molecule has 2 heterocycles. The molecular formula is C16H15N7O3S. The van der Waals surface area contributed by atoms with Crippen LogP contribution in [0, 0.1) is 24.0 Å². The number of nitrogens with one attached hydrogen (secondary N) is 3. The number of anilines is 3.